The van der Waals surface area contributed by atoms with Crippen molar-refractivity contribution in [3.05, 3.63) is 194 Å². The van der Waals surface area contributed by atoms with Crippen molar-refractivity contribution in [1.82, 2.24) is 9.55 Å². The van der Waals surface area contributed by atoms with Gasteiger partial charge in [-0.1, -0.05) is 146 Å². The molecule has 0 unspecified atom stereocenters. The van der Waals surface area contributed by atoms with E-state index in [0.717, 1.165) is 33.2 Å². The van der Waals surface area contributed by atoms with Crippen LogP contribution in [-0.2, 0) is 0 Å². The molecule has 0 aliphatic heterocycles. The first-order valence-corrected chi connectivity index (χ1v) is 18.2. The lowest BCUT2D eigenvalue weighted by Gasteiger charge is -2.15. The standard InChI is InChI=1S/C51H32N2/c1-2-15-42(16-3-1)53-48-20-9-7-17-43(48)44-27-28-46-49(51(44)53)45-18-6-8-19-47(45)52-50(46)41-14-10-13-35(32-41)36-23-24-40-31-39(26-25-38(40)30-36)37-22-21-33-11-4-5-12-34(33)29-37/h1-32H. The van der Waals surface area contributed by atoms with Gasteiger partial charge in [-0.2, -0.15) is 0 Å². The zero-order chi connectivity index (χ0) is 34.9. The summed E-state index contributed by atoms with van der Waals surface area (Å²) in [7, 11) is 0. The van der Waals surface area contributed by atoms with Crippen LogP contribution in [0.2, 0.25) is 0 Å². The molecule has 11 aromatic rings. The summed E-state index contributed by atoms with van der Waals surface area (Å²) >= 11 is 0. The largest absolute Gasteiger partial charge is 0.309 e. The van der Waals surface area contributed by atoms with Gasteiger partial charge in [-0.3, -0.25) is 0 Å². The minimum atomic E-state index is 0.991. The Balaban J connectivity index is 1.07. The molecule has 2 aromatic heterocycles. The van der Waals surface area contributed by atoms with Crippen LogP contribution in [0.5, 0.6) is 0 Å². The summed E-state index contributed by atoms with van der Waals surface area (Å²) in [5.41, 5.74) is 11.5. The molecule has 2 nitrogen and oxygen atoms in total. The van der Waals surface area contributed by atoms with Crippen molar-refractivity contribution in [1.29, 1.82) is 0 Å². The highest BCUT2D eigenvalue weighted by molar-refractivity contribution is 6.27. The molecule has 0 atom stereocenters. The molecule has 11 rings (SSSR count). The Hall–Kier alpha value is -7.03. The van der Waals surface area contributed by atoms with Crippen LogP contribution >= 0.6 is 0 Å². The van der Waals surface area contributed by atoms with Gasteiger partial charge in [0, 0.05) is 38.2 Å². The fourth-order valence-corrected chi connectivity index (χ4v) is 8.38. The fourth-order valence-electron chi connectivity index (χ4n) is 8.38. The normalized spacial score (nSPS) is 11.8. The summed E-state index contributed by atoms with van der Waals surface area (Å²) in [4.78, 5) is 5.37. The van der Waals surface area contributed by atoms with Crippen LogP contribution in [0.4, 0.5) is 0 Å². The number of rotatable bonds is 4. The minimum Gasteiger partial charge on any atom is -0.309 e. The van der Waals surface area contributed by atoms with E-state index < -0.39 is 0 Å². The second kappa shape index (κ2) is 11.8. The lowest BCUT2D eigenvalue weighted by atomic mass is 9.94. The monoisotopic (exact) mass is 672 g/mol. The van der Waals surface area contributed by atoms with Gasteiger partial charge in [0.1, 0.15) is 0 Å². The zero-order valence-electron chi connectivity index (χ0n) is 28.9. The van der Waals surface area contributed by atoms with Crippen molar-refractivity contribution >= 4 is 65.0 Å². The minimum absolute atomic E-state index is 0.991. The average Bonchev–Trinajstić information content (AvgIpc) is 3.57. The molecular weight excluding hydrogens is 641 g/mol. The molecule has 0 N–H and O–H groups in total. The third-order valence-corrected chi connectivity index (χ3v) is 10.9. The molecule has 0 aliphatic carbocycles. The molecular formula is C51H32N2. The topological polar surface area (TPSA) is 17.8 Å². The van der Waals surface area contributed by atoms with Crippen LogP contribution in [0.15, 0.2) is 194 Å². The Morgan fingerprint density at radius 2 is 0.906 bits per heavy atom. The van der Waals surface area contributed by atoms with E-state index in [2.05, 4.69) is 199 Å². The van der Waals surface area contributed by atoms with Crippen molar-refractivity contribution in [2.24, 2.45) is 0 Å². The number of fused-ring (bicyclic) bond motifs is 9. The van der Waals surface area contributed by atoms with E-state index in [9.17, 15) is 0 Å². The van der Waals surface area contributed by atoms with E-state index in [1.807, 2.05) is 0 Å². The summed E-state index contributed by atoms with van der Waals surface area (Å²) in [6.07, 6.45) is 0. The SMILES string of the molecule is c1ccc(-n2c3ccccc3c3ccc4c(-c5cccc(-c6ccc7cc(-c8ccc9ccccc9c8)ccc7c6)c5)nc5ccccc5c4c32)cc1. The third-order valence-electron chi connectivity index (χ3n) is 10.9. The molecule has 0 saturated carbocycles. The Morgan fingerprint density at radius 1 is 0.340 bits per heavy atom. The van der Waals surface area contributed by atoms with Gasteiger partial charge in [-0.15, -0.1) is 0 Å². The lowest BCUT2D eigenvalue weighted by Crippen LogP contribution is -1.96. The number of benzene rings is 9. The number of hydrogen-bond donors (Lipinski definition) is 0. The number of nitrogens with zero attached hydrogens (tertiary/aromatic N) is 2. The second-order valence-corrected chi connectivity index (χ2v) is 14.0. The van der Waals surface area contributed by atoms with Crippen molar-refractivity contribution in [2.45, 2.75) is 0 Å². The molecule has 0 fully saturated rings. The van der Waals surface area contributed by atoms with Gasteiger partial charge in [-0.05, 0) is 92.3 Å². The van der Waals surface area contributed by atoms with E-state index in [-0.39, 0.29) is 0 Å². The van der Waals surface area contributed by atoms with E-state index in [0.29, 0.717) is 0 Å². The maximum atomic E-state index is 5.37. The smallest absolute Gasteiger partial charge is 0.0789 e. The average molecular weight is 673 g/mol. The lowest BCUT2D eigenvalue weighted by molar-refractivity contribution is 1.19. The van der Waals surface area contributed by atoms with E-state index in [1.165, 1.54) is 71.0 Å². The first-order chi connectivity index (χ1) is 26.3. The van der Waals surface area contributed by atoms with Crippen LogP contribution in [-0.4, -0.2) is 9.55 Å². The van der Waals surface area contributed by atoms with Crippen LogP contribution in [0, 0.1) is 0 Å². The summed E-state index contributed by atoms with van der Waals surface area (Å²) in [5.74, 6) is 0. The number of pyridine rings is 1. The Morgan fingerprint density at radius 3 is 1.68 bits per heavy atom. The molecule has 9 aromatic carbocycles. The number of hydrogen-bond acceptors (Lipinski definition) is 1. The molecule has 0 saturated heterocycles. The molecule has 0 spiro atoms. The third kappa shape index (κ3) is 4.77. The van der Waals surface area contributed by atoms with Crippen LogP contribution < -0.4 is 0 Å². The van der Waals surface area contributed by atoms with Crippen molar-refractivity contribution < 1.29 is 0 Å². The Bertz CT molecular complexity index is 3220. The first-order valence-electron chi connectivity index (χ1n) is 18.2. The van der Waals surface area contributed by atoms with Crippen molar-refractivity contribution in [2.75, 3.05) is 0 Å². The number of aromatic nitrogens is 2. The summed E-state index contributed by atoms with van der Waals surface area (Å²) < 4.78 is 2.43. The van der Waals surface area contributed by atoms with Crippen LogP contribution in [0.3, 0.4) is 0 Å². The second-order valence-electron chi connectivity index (χ2n) is 14.0. The van der Waals surface area contributed by atoms with Gasteiger partial charge >= 0.3 is 0 Å². The first kappa shape index (κ1) is 29.7. The van der Waals surface area contributed by atoms with E-state index >= 15 is 0 Å². The van der Waals surface area contributed by atoms with E-state index in [4.69, 9.17) is 4.98 Å². The predicted octanol–water partition coefficient (Wildman–Crippen LogP) is 13.8. The van der Waals surface area contributed by atoms with Gasteiger partial charge in [0.2, 0.25) is 0 Å². The molecule has 2 heterocycles. The summed E-state index contributed by atoms with van der Waals surface area (Å²) in [6.45, 7) is 0. The molecule has 0 amide bonds. The molecule has 0 aliphatic rings. The Kier molecular flexibility index (Phi) is 6.59. The highest BCUT2D eigenvalue weighted by Crippen LogP contribution is 2.42. The molecule has 0 bridgehead atoms. The van der Waals surface area contributed by atoms with Crippen molar-refractivity contribution in [3.8, 4) is 39.2 Å². The summed E-state index contributed by atoms with van der Waals surface area (Å²) in [6, 6.07) is 70.4. The van der Waals surface area contributed by atoms with Gasteiger partial charge in [0.05, 0.1) is 22.2 Å². The van der Waals surface area contributed by atoms with Gasteiger partial charge in [-0.25, -0.2) is 4.98 Å². The summed E-state index contributed by atoms with van der Waals surface area (Å²) in [5, 5.41) is 11.0. The zero-order valence-corrected chi connectivity index (χ0v) is 28.9. The Labute approximate surface area is 306 Å². The number of para-hydroxylation sites is 3. The highest BCUT2D eigenvalue weighted by atomic mass is 15.0. The van der Waals surface area contributed by atoms with E-state index in [1.54, 1.807) is 0 Å². The van der Waals surface area contributed by atoms with Gasteiger partial charge < -0.3 is 4.57 Å². The predicted molar refractivity (Wildman–Crippen MR) is 225 cm³/mol. The van der Waals surface area contributed by atoms with Crippen LogP contribution in [0.25, 0.3) is 104 Å². The van der Waals surface area contributed by atoms with Gasteiger partial charge in [0.25, 0.3) is 0 Å². The van der Waals surface area contributed by atoms with Crippen molar-refractivity contribution in [3.63, 3.8) is 0 Å². The molecule has 246 valence electrons. The fraction of sp³-hybridized carbons (Fsp3) is 0. The van der Waals surface area contributed by atoms with Gasteiger partial charge in [0.15, 0.2) is 0 Å². The van der Waals surface area contributed by atoms with Crippen LogP contribution in [0.1, 0.15) is 0 Å². The maximum Gasteiger partial charge on any atom is 0.0789 e. The molecule has 53 heavy (non-hydrogen) atoms. The maximum absolute atomic E-state index is 5.37. The quantitative estimate of drug-likeness (QED) is 0.170. The highest BCUT2D eigenvalue weighted by Gasteiger charge is 2.19. The molecule has 0 radical (unpaired) electrons. The molecule has 2 heteroatoms.